The first-order valence-corrected chi connectivity index (χ1v) is 11.1. The summed E-state index contributed by atoms with van der Waals surface area (Å²) in [4.78, 5) is 44.6. The van der Waals surface area contributed by atoms with Gasteiger partial charge in [-0.1, -0.05) is 26.0 Å². The van der Waals surface area contributed by atoms with E-state index in [2.05, 4.69) is 20.6 Å². The summed E-state index contributed by atoms with van der Waals surface area (Å²) in [6.07, 6.45) is 2.08. The average molecular weight is 491 g/mol. The van der Waals surface area contributed by atoms with Crippen LogP contribution < -0.4 is 22.1 Å². The first-order valence-electron chi connectivity index (χ1n) is 11.1. The number of halogens is 1. The molecular formula is C23H31FN6O5. The Morgan fingerprint density at radius 3 is 2.46 bits per heavy atom. The number of oxazole rings is 1. The normalized spacial score (nSPS) is 12.6. The Morgan fingerprint density at radius 1 is 1.17 bits per heavy atom. The van der Waals surface area contributed by atoms with Crippen molar-refractivity contribution in [3.63, 3.8) is 0 Å². The summed E-state index contributed by atoms with van der Waals surface area (Å²) in [5.74, 6) is -2.47. The summed E-state index contributed by atoms with van der Waals surface area (Å²) >= 11 is 0. The molecule has 11 nitrogen and oxygen atoms in total. The van der Waals surface area contributed by atoms with Crippen LogP contribution in [-0.2, 0) is 16.0 Å². The average Bonchev–Trinajstić information content (AvgIpc) is 3.26. The zero-order valence-electron chi connectivity index (χ0n) is 19.7. The second-order valence-electron chi connectivity index (χ2n) is 8.44. The number of nitrogens with one attached hydrogen (secondary N) is 2. The fourth-order valence-electron chi connectivity index (χ4n) is 3.27. The quantitative estimate of drug-likeness (QED) is 0.159. The first kappa shape index (κ1) is 27.3. The molecular weight excluding hydrogens is 459 g/mol. The van der Waals surface area contributed by atoms with Crippen LogP contribution in [0.3, 0.4) is 0 Å². The van der Waals surface area contributed by atoms with E-state index in [1.165, 1.54) is 24.3 Å². The van der Waals surface area contributed by atoms with E-state index in [1.54, 1.807) is 0 Å². The Morgan fingerprint density at radius 2 is 1.86 bits per heavy atom. The van der Waals surface area contributed by atoms with Gasteiger partial charge in [0.1, 0.15) is 24.2 Å². The summed E-state index contributed by atoms with van der Waals surface area (Å²) in [7, 11) is 0. The second-order valence-corrected chi connectivity index (χ2v) is 8.44. The van der Waals surface area contributed by atoms with Crippen LogP contribution in [0, 0.1) is 11.7 Å². The number of aliphatic carboxylic acids is 1. The molecule has 2 atom stereocenters. The minimum absolute atomic E-state index is 0.0308. The van der Waals surface area contributed by atoms with Gasteiger partial charge in [-0.25, -0.2) is 14.2 Å². The Labute approximate surface area is 202 Å². The van der Waals surface area contributed by atoms with Gasteiger partial charge < -0.3 is 31.6 Å². The van der Waals surface area contributed by atoms with Crippen molar-refractivity contribution in [3.05, 3.63) is 53.5 Å². The van der Waals surface area contributed by atoms with Crippen LogP contribution in [0.4, 0.5) is 4.39 Å². The van der Waals surface area contributed by atoms with Crippen LogP contribution in [-0.4, -0.2) is 46.4 Å². The molecule has 35 heavy (non-hydrogen) atoms. The number of hydrogen-bond acceptors (Lipinski definition) is 6. The molecule has 1 aromatic carbocycles. The van der Waals surface area contributed by atoms with Crippen LogP contribution >= 0.6 is 0 Å². The number of benzene rings is 1. The molecule has 0 aliphatic rings. The molecule has 0 radical (unpaired) electrons. The molecule has 0 aliphatic carbocycles. The van der Waals surface area contributed by atoms with E-state index in [0.29, 0.717) is 18.4 Å². The number of carboxylic acid groups (broad SMARTS) is 1. The van der Waals surface area contributed by atoms with Gasteiger partial charge >= 0.3 is 5.97 Å². The molecule has 0 spiro atoms. The van der Waals surface area contributed by atoms with Crippen LogP contribution in [0.25, 0.3) is 0 Å². The van der Waals surface area contributed by atoms with E-state index in [9.17, 15) is 23.9 Å². The van der Waals surface area contributed by atoms with E-state index >= 15 is 0 Å². The molecule has 1 aromatic heterocycles. The van der Waals surface area contributed by atoms with Crippen LogP contribution in [0.1, 0.15) is 61.1 Å². The van der Waals surface area contributed by atoms with Gasteiger partial charge in [0.25, 0.3) is 5.91 Å². The largest absolute Gasteiger partial charge is 0.480 e. The van der Waals surface area contributed by atoms with E-state index in [1.807, 2.05) is 13.8 Å². The fourth-order valence-corrected chi connectivity index (χ4v) is 3.27. The summed E-state index contributed by atoms with van der Waals surface area (Å²) < 4.78 is 18.5. The third-order valence-corrected chi connectivity index (χ3v) is 4.92. The maximum Gasteiger partial charge on any atom is 0.326 e. The zero-order chi connectivity index (χ0) is 26.0. The maximum atomic E-state index is 13.1. The topological polar surface area (TPSA) is 186 Å². The fraction of sp³-hybridized carbons (Fsp3) is 0.435. The van der Waals surface area contributed by atoms with E-state index in [-0.39, 0.29) is 48.8 Å². The number of nitrogens with zero attached hydrogens (tertiary/aromatic N) is 2. The number of carbonyl (C=O) groups is 3. The molecule has 0 fully saturated rings. The van der Waals surface area contributed by atoms with Crippen molar-refractivity contribution in [2.75, 3.05) is 6.54 Å². The van der Waals surface area contributed by atoms with Gasteiger partial charge in [0.2, 0.25) is 11.8 Å². The van der Waals surface area contributed by atoms with Gasteiger partial charge in [0, 0.05) is 6.54 Å². The highest BCUT2D eigenvalue weighted by molar-refractivity contribution is 5.94. The lowest BCUT2D eigenvalue weighted by Gasteiger charge is -2.17. The van der Waals surface area contributed by atoms with Crippen LogP contribution in [0.15, 0.2) is 39.9 Å². The number of carboxylic acids is 1. The third-order valence-electron chi connectivity index (χ3n) is 4.92. The lowest BCUT2D eigenvalue weighted by Crippen LogP contribution is -2.41. The Hall–Kier alpha value is -3.96. The minimum atomic E-state index is -1.21. The lowest BCUT2D eigenvalue weighted by atomic mass is 10.0. The molecule has 190 valence electrons. The highest BCUT2D eigenvalue weighted by Crippen LogP contribution is 2.21. The molecule has 2 rings (SSSR count). The van der Waals surface area contributed by atoms with E-state index in [0.717, 1.165) is 6.26 Å². The molecule has 0 saturated carbocycles. The van der Waals surface area contributed by atoms with Crippen molar-refractivity contribution in [2.45, 2.75) is 51.6 Å². The number of aromatic nitrogens is 1. The molecule has 0 saturated heterocycles. The molecule has 1 heterocycles. The molecule has 0 bridgehead atoms. The van der Waals surface area contributed by atoms with E-state index < -0.39 is 29.8 Å². The van der Waals surface area contributed by atoms with Crippen molar-refractivity contribution < 1.29 is 28.3 Å². The Balaban J connectivity index is 2.04. The van der Waals surface area contributed by atoms with Gasteiger partial charge in [-0.2, -0.15) is 0 Å². The summed E-state index contributed by atoms with van der Waals surface area (Å²) in [6, 6.07) is 3.82. The maximum absolute atomic E-state index is 13.1. The van der Waals surface area contributed by atoms with Gasteiger partial charge in [-0.05, 0) is 42.9 Å². The number of hydrogen-bond donors (Lipinski definition) is 5. The predicted octanol–water partition coefficient (Wildman–Crippen LogP) is 1.50. The smallest absolute Gasteiger partial charge is 0.326 e. The molecule has 0 aliphatic heterocycles. The highest BCUT2D eigenvalue weighted by atomic mass is 19.1. The third kappa shape index (κ3) is 9.43. The van der Waals surface area contributed by atoms with E-state index in [4.69, 9.17) is 15.9 Å². The molecule has 7 N–H and O–H groups in total. The predicted molar refractivity (Wildman–Crippen MR) is 126 cm³/mol. The molecule has 2 unspecified atom stereocenters. The summed E-state index contributed by atoms with van der Waals surface area (Å²) in [5.41, 5.74) is 11.0. The van der Waals surface area contributed by atoms with Crippen LogP contribution in [0.2, 0.25) is 0 Å². The minimum Gasteiger partial charge on any atom is -0.480 e. The molecule has 12 heteroatoms. The van der Waals surface area contributed by atoms with Crippen LogP contribution in [0.5, 0.6) is 0 Å². The van der Waals surface area contributed by atoms with Crippen molar-refractivity contribution in [1.82, 2.24) is 15.6 Å². The van der Waals surface area contributed by atoms with Crippen molar-refractivity contribution in [2.24, 2.45) is 22.4 Å². The first-order chi connectivity index (χ1) is 16.5. The summed E-state index contributed by atoms with van der Waals surface area (Å²) in [5, 5.41) is 14.6. The standard InChI is InChI=1S/C23H31FN6O5/c1-13(2)10-17(28-19(31)11-14-5-7-15(24)8-6-14)21-30-18(12-35-21)20(32)29-16(22(33)34)4-3-9-27-23(25)26/h5-8,12-13,16-17H,3-4,9-11H2,1-2H3,(H,28,31)(H,29,32)(H,33,34)(H4,25,26,27). The molecule has 2 aromatic rings. The second kappa shape index (κ2) is 13.1. The Kier molecular flexibility index (Phi) is 10.2. The number of amides is 2. The number of guanidine groups is 1. The number of aliphatic imine (C=N–C) groups is 1. The van der Waals surface area contributed by atoms with Gasteiger partial charge in [0.15, 0.2) is 11.7 Å². The van der Waals surface area contributed by atoms with Gasteiger partial charge in [0.05, 0.1) is 6.42 Å². The van der Waals surface area contributed by atoms with Gasteiger partial charge in [-0.15, -0.1) is 0 Å². The van der Waals surface area contributed by atoms with Gasteiger partial charge in [-0.3, -0.25) is 14.6 Å². The number of carbonyl (C=O) groups excluding carboxylic acids is 2. The lowest BCUT2D eigenvalue weighted by molar-refractivity contribution is -0.139. The highest BCUT2D eigenvalue weighted by Gasteiger charge is 2.25. The number of rotatable bonds is 13. The summed E-state index contributed by atoms with van der Waals surface area (Å²) in [6.45, 7) is 4.13. The van der Waals surface area contributed by atoms with Crippen molar-refractivity contribution >= 4 is 23.7 Å². The SMILES string of the molecule is CC(C)CC(NC(=O)Cc1ccc(F)cc1)c1nc(C(=O)NC(CCCN=C(N)N)C(=O)O)co1. The molecule has 2 amide bonds. The monoisotopic (exact) mass is 490 g/mol. The van der Waals surface area contributed by atoms with Crippen molar-refractivity contribution in [1.29, 1.82) is 0 Å². The van der Waals surface area contributed by atoms with Crippen molar-refractivity contribution in [3.8, 4) is 0 Å². The number of nitrogens with two attached hydrogens (primary N) is 2. The zero-order valence-corrected chi connectivity index (χ0v) is 19.7. The Bertz CT molecular complexity index is 1030.